The van der Waals surface area contributed by atoms with E-state index in [1.165, 1.54) is 40.5 Å². The molecule has 0 saturated heterocycles. The Morgan fingerprint density at radius 2 is 2.04 bits per heavy atom. The highest BCUT2D eigenvalue weighted by molar-refractivity contribution is 7.89. The molecular formula is C17H17FN4O3S2. The van der Waals surface area contributed by atoms with Gasteiger partial charge in [-0.05, 0) is 29.1 Å². The fourth-order valence-electron chi connectivity index (χ4n) is 2.42. The van der Waals surface area contributed by atoms with Crippen LogP contribution in [0.4, 0.5) is 4.39 Å². The standard InChI is InChI=1S/C17H17FN4O3S2/c1-22-11-14(9-19-22)27(24,25)20-10-16(23)21-17(15-3-2-8-26-15)12-4-6-13(18)7-5-12/h2-9,11,17,20H,10H2,1H3,(H,21,23). The molecule has 27 heavy (non-hydrogen) atoms. The summed E-state index contributed by atoms with van der Waals surface area (Å²) in [5.74, 6) is -0.885. The Hall–Kier alpha value is -2.56. The van der Waals surface area contributed by atoms with Crippen molar-refractivity contribution >= 4 is 27.3 Å². The van der Waals surface area contributed by atoms with Crippen molar-refractivity contribution in [2.24, 2.45) is 7.05 Å². The smallest absolute Gasteiger partial charge is 0.244 e. The Bertz CT molecular complexity index is 1010. The molecule has 2 N–H and O–H groups in total. The van der Waals surface area contributed by atoms with Gasteiger partial charge in [0.1, 0.15) is 10.7 Å². The molecule has 2 aromatic heterocycles. The molecular weight excluding hydrogens is 391 g/mol. The number of carbonyl (C=O) groups excluding carboxylic acids is 1. The molecule has 7 nitrogen and oxygen atoms in total. The molecule has 0 bridgehead atoms. The zero-order valence-corrected chi connectivity index (χ0v) is 15.9. The van der Waals surface area contributed by atoms with Crippen LogP contribution in [0.25, 0.3) is 0 Å². The molecule has 142 valence electrons. The summed E-state index contributed by atoms with van der Waals surface area (Å²) in [6, 6.07) is 8.98. The summed E-state index contributed by atoms with van der Waals surface area (Å²) in [4.78, 5) is 13.2. The van der Waals surface area contributed by atoms with Crippen LogP contribution in [-0.4, -0.2) is 30.7 Å². The van der Waals surface area contributed by atoms with E-state index in [4.69, 9.17) is 0 Å². The highest BCUT2D eigenvalue weighted by Crippen LogP contribution is 2.26. The van der Waals surface area contributed by atoms with Gasteiger partial charge >= 0.3 is 0 Å². The number of aryl methyl sites for hydroxylation is 1. The molecule has 1 unspecified atom stereocenters. The third-order valence-electron chi connectivity index (χ3n) is 3.75. The van der Waals surface area contributed by atoms with Crippen molar-refractivity contribution in [2.75, 3.05) is 6.54 Å². The lowest BCUT2D eigenvalue weighted by atomic mass is 10.1. The highest BCUT2D eigenvalue weighted by Gasteiger charge is 2.21. The predicted octanol–water partition coefficient (Wildman–Crippen LogP) is 1.80. The number of benzene rings is 1. The van der Waals surface area contributed by atoms with E-state index in [9.17, 15) is 17.6 Å². The predicted molar refractivity (Wildman–Crippen MR) is 99.1 cm³/mol. The van der Waals surface area contributed by atoms with Crippen LogP contribution in [0, 0.1) is 5.82 Å². The number of nitrogens with one attached hydrogen (secondary N) is 2. The first-order valence-electron chi connectivity index (χ1n) is 7.92. The SMILES string of the molecule is Cn1cc(S(=O)(=O)NCC(=O)NC(c2ccc(F)cc2)c2cccs2)cn1. The molecule has 1 amide bonds. The van der Waals surface area contributed by atoms with E-state index >= 15 is 0 Å². The van der Waals surface area contributed by atoms with Gasteiger partial charge in [0.2, 0.25) is 15.9 Å². The van der Waals surface area contributed by atoms with Crippen LogP contribution in [0.1, 0.15) is 16.5 Å². The van der Waals surface area contributed by atoms with Crippen molar-refractivity contribution in [3.05, 3.63) is 70.4 Å². The Balaban J connectivity index is 1.70. The van der Waals surface area contributed by atoms with Crippen LogP contribution < -0.4 is 10.0 Å². The van der Waals surface area contributed by atoms with E-state index in [0.29, 0.717) is 5.56 Å². The number of rotatable bonds is 7. The van der Waals surface area contributed by atoms with Crippen molar-refractivity contribution < 1.29 is 17.6 Å². The van der Waals surface area contributed by atoms with Gasteiger partial charge in [-0.3, -0.25) is 9.48 Å². The van der Waals surface area contributed by atoms with Crippen LogP contribution in [0.3, 0.4) is 0 Å². The first kappa shape index (κ1) is 19.2. The van der Waals surface area contributed by atoms with Crippen LogP contribution in [0.15, 0.2) is 59.1 Å². The molecule has 0 saturated carbocycles. The third kappa shape index (κ3) is 4.79. The Labute approximate surface area is 159 Å². The number of carbonyl (C=O) groups is 1. The second kappa shape index (κ2) is 7.99. The molecule has 10 heteroatoms. The van der Waals surface area contributed by atoms with Gasteiger partial charge in [-0.15, -0.1) is 11.3 Å². The lowest BCUT2D eigenvalue weighted by Crippen LogP contribution is -2.38. The number of nitrogens with zero attached hydrogens (tertiary/aromatic N) is 2. The van der Waals surface area contributed by atoms with Crippen molar-refractivity contribution in [2.45, 2.75) is 10.9 Å². The quantitative estimate of drug-likeness (QED) is 0.624. The van der Waals surface area contributed by atoms with Crippen molar-refractivity contribution in [3.63, 3.8) is 0 Å². The van der Waals surface area contributed by atoms with Gasteiger partial charge in [-0.1, -0.05) is 18.2 Å². The second-order valence-corrected chi connectivity index (χ2v) is 8.49. The van der Waals surface area contributed by atoms with Crippen LogP contribution in [0.2, 0.25) is 0 Å². The summed E-state index contributed by atoms with van der Waals surface area (Å²) in [6.07, 6.45) is 2.54. The van der Waals surface area contributed by atoms with E-state index < -0.39 is 28.5 Å². The molecule has 3 aromatic rings. The summed E-state index contributed by atoms with van der Waals surface area (Å²) >= 11 is 1.44. The van der Waals surface area contributed by atoms with Crippen molar-refractivity contribution in [3.8, 4) is 0 Å². The number of hydrogen-bond acceptors (Lipinski definition) is 5. The second-order valence-electron chi connectivity index (χ2n) is 5.74. The minimum absolute atomic E-state index is 0.0221. The van der Waals surface area contributed by atoms with Crippen LogP contribution >= 0.6 is 11.3 Å². The number of hydrogen-bond donors (Lipinski definition) is 2. The molecule has 0 spiro atoms. The molecule has 3 rings (SSSR count). The molecule has 0 aliphatic rings. The lowest BCUT2D eigenvalue weighted by Gasteiger charge is -2.18. The minimum atomic E-state index is -3.84. The number of aromatic nitrogens is 2. The van der Waals surface area contributed by atoms with E-state index in [0.717, 1.165) is 4.88 Å². The fourth-order valence-corrected chi connectivity index (χ4v) is 4.19. The van der Waals surface area contributed by atoms with Gasteiger partial charge < -0.3 is 5.32 Å². The van der Waals surface area contributed by atoms with Crippen LogP contribution in [0.5, 0.6) is 0 Å². The number of halogens is 1. The zero-order chi connectivity index (χ0) is 19.4. The Morgan fingerprint density at radius 1 is 1.30 bits per heavy atom. The average Bonchev–Trinajstić information content (AvgIpc) is 3.31. The van der Waals surface area contributed by atoms with E-state index in [1.807, 2.05) is 17.5 Å². The lowest BCUT2D eigenvalue weighted by molar-refractivity contribution is -0.120. The van der Waals surface area contributed by atoms with Gasteiger partial charge in [0.25, 0.3) is 0 Å². The number of amides is 1. The fraction of sp³-hybridized carbons (Fsp3) is 0.176. The number of sulfonamides is 1. The first-order chi connectivity index (χ1) is 12.8. The van der Waals surface area contributed by atoms with Gasteiger partial charge in [0.05, 0.1) is 18.8 Å². The normalized spacial score (nSPS) is 12.7. The molecule has 1 atom stereocenters. The first-order valence-corrected chi connectivity index (χ1v) is 10.3. The van der Waals surface area contributed by atoms with Crippen LogP contribution in [-0.2, 0) is 21.9 Å². The molecule has 1 aromatic carbocycles. The van der Waals surface area contributed by atoms with E-state index in [1.54, 1.807) is 19.2 Å². The summed E-state index contributed by atoms with van der Waals surface area (Å²) in [5.41, 5.74) is 0.697. The maximum atomic E-state index is 13.2. The summed E-state index contributed by atoms with van der Waals surface area (Å²) in [5, 5.41) is 8.46. The summed E-state index contributed by atoms with van der Waals surface area (Å²) in [6.45, 7) is -0.430. The topological polar surface area (TPSA) is 93.1 Å². The summed E-state index contributed by atoms with van der Waals surface area (Å²) < 4.78 is 41.2. The van der Waals surface area contributed by atoms with Crippen molar-refractivity contribution in [1.82, 2.24) is 19.8 Å². The number of thiophene rings is 1. The maximum absolute atomic E-state index is 13.2. The molecule has 0 radical (unpaired) electrons. The highest BCUT2D eigenvalue weighted by atomic mass is 32.2. The van der Waals surface area contributed by atoms with Gasteiger partial charge in [0.15, 0.2) is 0 Å². The Morgan fingerprint density at radius 3 is 2.63 bits per heavy atom. The minimum Gasteiger partial charge on any atom is -0.343 e. The van der Waals surface area contributed by atoms with Gasteiger partial charge in [0, 0.05) is 18.1 Å². The molecule has 2 heterocycles. The summed E-state index contributed by atoms with van der Waals surface area (Å²) in [7, 11) is -2.24. The maximum Gasteiger partial charge on any atom is 0.244 e. The Kier molecular flexibility index (Phi) is 5.68. The van der Waals surface area contributed by atoms with Crippen molar-refractivity contribution in [1.29, 1.82) is 0 Å². The molecule has 0 fully saturated rings. The van der Waals surface area contributed by atoms with E-state index in [2.05, 4.69) is 15.1 Å². The van der Waals surface area contributed by atoms with E-state index in [-0.39, 0.29) is 10.7 Å². The third-order valence-corrected chi connectivity index (χ3v) is 6.04. The molecule has 0 aliphatic carbocycles. The van der Waals surface area contributed by atoms with Gasteiger partial charge in [-0.25, -0.2) is 17.5 Å². The largest absolute Gasteiger partial charge is 0.343 e. The molecule has 0 aliphatic heterocycles. The zero-order valence-electron chi connectivity index (χ0n) is 14.3. The average molecular weight is 408 g/mol. The van der Waals surface area contributed by atoms with Gasteiger partial charge in [-0.2, -0.15) is 5.10 Å². The monoisotopic (exact) mass is 408 g/mol.